The van der Waals surface area contributed by atoms with Crippen LogP contribution in [0.15, 0.2) is 67.0 Å². The Balaban J connectivity index is 2.14. The average molecular weight is 318 g/mol. The fraction of sp³-hybridized carbons (Fsp3) is 0. The highest BCUT2D eigenvalue weighted by atomic mass is 19.1. The minimum atomic E-state index is -0.330. The number of nitriles is 1. The van der Waals surface area contributed by atoms with Crippen LogP contribution in [0, 0.1) is 23.0 Å². The minimum Gasteiger partial charge on any atom is -0.263 e. The standard InChI is InChI=1S/C20H12F2N2/c21-18-5-1-14(2-6-18)10-20(16-3-7-19(22)8-4-16)17-9-15(11-23)12-24-13-17/h1-10,12-13H. The van der Waals surface area contributed by atoms with E-state index < -0.39 is 0 Å². The first-order valence-electron chi connectivity index (χ1n) is 7.24. The number of benzene rings is 2. The molecule has 0 aliphatic rings. The van der Waals surface area contributed by atoms with Crippen molar-refractivity contribution in [1.82, 2.24) is 4.98 Å². The lowest BCUT2D eigenvalue weighted by Gasteiger charge is -2.09. The smallest absolute Gasteiger partial charge is 0.123 e. The highest BCUT2D eigenvalue weighted by Crippen LogP contribution is 2.26. The SMILES string of the molecule is N#Cc1cncc(C(=Cc2ccc(F)cc2)c2ccc(F)cc2)c1. The van der Waals surface area contributed by atoms with Gasteiger partial charge in [-0.25, -0.2) is 8.78 Å². The van der Waals surface area contributed by atoms with Crippen LogP contribution < -0.4 is 0 Å². The van der Waals surface area contributed by atoms with Gasteiger partial charge in [0.15, 0.2) is 0 Å². The van der Waals surface area contributed by atoms with Crippen molar-refractivity contribution < 1.29 is 8.78 Å². The van der Waals surface area contributed by atoms with Crippen molar-refractivity contribution in [2.24, 2.45) is 0 Å². The summed E-state index contributed by atoms with van der Waals surface area (Å²) >= 11 is 0. The van der Waals surface area contributed by atoms with Crippen molar-refractivity contribution >= 4 is 11.6 Å². The molecule has 4 heteroatoms. The molecule has 0 saturated carbocycles. The topological polar surface area (TPSA) is 36.7 Å². The van der Waals surface area contributed by atoms with Crippen molar-refractivity contribution in [1.29, 1.82) is 5.26 Å². The summed E-state index contributed by atoms with van der Waals surface area (Å²) in [6.45, 7) is 0. The number of nitrogens with zero attached hydrogens (tertiary/aromatic N) is 2. The van der Waals surface area contributed by atoms with Crippen LogP contribution in [0.4, 0.5) is 8.78 Å². The van der Waals surface area contributed by atoms with Crippen LogP contribution in [0.1, 0.15) is 22.3 Å². The first-order chi connectivity index (χ1) is 11.7. The predicted molar refractivity (Wildman–Crippen MR) is 88.7 cm³/mol. The van der Waals surface area contributed by atoms with E-state index in [2.05, 4.69) is 11.1 Å². The predicted octanol–water partition coefficient (Wildman–Crippen LogP) is 4.82. The summed E-state index contributed by atoms with van der Waals surface area (Å²) in [7, 11) is 0. The molecule has 2 aromatic carbocycles. The molecule has 0 spiro atoms. The van der Waals surface area contributed by atoms with Gasteiger partial charge in [0.05, 0.1) is 5.56 Å². The Hall–Kier alpha value is -3.32. The van der Waals surface area contributed by atoms with E-state index in [9.17, 15) is 8.78 Å². The van der Waals surface area contributed by atoms with Gasteiger partial charge in [0, 0.05) is 18.0 Å². The third-order valence-electron chi connectivity index (χ3n) is 3.51. The van der Waals surface area contributed by atoms with E-state index in [-0.39, 0.29) is 11.6 Å². The third-order valence-corrected chi connectivity index (χ3v) is 3.51. The number of rotatable bonds is 3. The number of hydrogen-bond donors (Lipinski definition) is 0. The Morgan fingerprint density at radius 1 is 0.875 bits per heavy atom. The van der Waals surface area contributed by atoms with Crippen molar-refractivity contribution in [3.8, 4) is 6.07 Å². The van der Waals surface area contributed by atoms with Crippen molar-refractivity contribution in [2.75, 3.05) is 0 Å². The maximum Gasteiger partial charge on any atom is 0.123 e. The molecule has 1 heterocycles. The van der Waals surface area contributed by atoms with Crippen LogP contribution in [0.5, 0.6) is 0 Å². The zero-order valence-electron chi connectivity index (χ0n) is 12.6. The average Bonchev–Trinajstić information content (AvgIpc) is 2.62. The van der Waals surface area contributed by atoms with E-state index in [0.717, 1.165) is 22.3 Å². The molecule has 3 aromatic rings. The van der Waals surface area contributed by atoms with Gasteiger partial charge in [-0.1, -0.05) is 24.3 Å². The van der Waals surface area contributed by atoms with E-state index in [1.54, 1.807) is 36.5 Å². The van der Waals surface area contributed by atoms with Crippen LogP contribution in [-0.2, 0) is 0 Å². The Morgan fingerprint density at radius 3 is 2.12 bits per heavy atom. The molecule has 0 unspecified atom stereocenters. The van der Waals surface area contributed by atoms with Gasteiger partial charge in [0.25, 0.3) is 0 Å². The van der Waals surface area contributed by atoms with Crippen LogP contribution in [0.25, 0.3) is 11.6 Å². The van der Waals surface area contributed by atoms with Gasteiger partial charge in [0.1, 0.15) is 17.7 Å². The van der Waals surface area contributed by atoms with Crippen molar-refractivity contribution in [3.63, 3.8) is 0 Å². The number of hydrogen-bond acceptors (Lipinski definition) is 2. The normalized spacial score (nSPS) is 11.1. The summed E-state index contributed by atoms with van der Waals surface area (Å²) in [4.78, 5) is 4.08. The second kappa shape index (κ2) is 6.84. The zero-order valence-corrected chi connectivity index (χ0v) is 12.6. The van der Waals surface area contributed by atoms with Crippen molar-refractivity contribution in [2.45, 2.75) is 0 Å². The van der Waals surface area contributed by atoms with E-state index in [0.29, 0.717) is 5.56 Å². The maximum absolute atomic E-state index is 13.2. The molecule has 3 rings (SSSR count). The molecule has 0 bridgehead atoms. The fourth-order valence-corrected chi connectivity index (χ4v) is 2.34. The van der Waals surface area contributed by atoms with Gasteiger partial charge >= 0.3 is 0 Å². The van der Waals surface area contributed by atoms with Crippen LogP contribution in [0.2, 0.25) is 0 Å². The summed E-state index contributed by atoms with van der Waals surface area (Å²) in [5.41, 5.74) is 3.49. The number of halogens is 2. The fourth-order valence-electron chi connectivity index (χ4n) is 2.34. The molecule has 0 saturated heterocycles. The molecule has 2 nitrogen and oxygen atoms in total. The first-order valence-corrected chi connectivity index (χ1v) is 7.24. The highest BCUT2D eigenvalue weighted by molar-refractivity contribution is 5.91. The van der Waals surface area contributed by atoms with Gasteiger partial charge in [-0.05, 0) is 53.1 Å². The lowest BCUT2D eigenvalue weighted by molar-refractivity contribution is 0.627. The van der Waals surface area contributed by atoms with Gasteiger partial charge in [0.2, 0.25) is 0 Å². The van der Waals surface area contributed by atoms with Crippen molar-refractivity contribution in [3.05, 3.63) is 101 Å². The molecule has 24 heavy (non-hydrogen) atoms. The van der Waals surface area contributed by atoms with Gasteiger partial charge in [-0.3, -0.25) is 4.98 Å². The molecule has 0 aliphatic carbocycles. The van der Waals surface area contributed by atoms with Gasteiger partial charge in [-0.15, -0.1) is 0 Å². The summed E-state index contributed by atoms with van der Waals surface area (Å²) in [5.74, 6) is -0.646. The molecule has 0 atom stereocenters. The van der Waals surface area contributed by atoms with Crippen LogP contribution in [-0.4, -0.2) is 4.98 Å². The Bertz CT molecular complexity index is 921. The second-order valence-electron chi connectivity index (χ2n) is 5.19. The van der Waals surface area contributed by atoms with E-state index in [4.69, 9.17) is 5.26 Å². The van der Waals surface area contributed by atoms with Crippen LogP contribution >= 0.6 is 0 Å². The lowest BCUT2D eigenvalue weighted by Crippen LogP contribution is -1.92. The summed E-state index contributed by atoms with van der Waals surface area (Å²) in [6.07, 6.45) is 4.97. The molecule has 0 aliphatic heterocycles. The number of aromatic nitrogens is 1. The van der Waals surface area contributed by atoms with Gasteiger partial charge in [-0.2, -0.15) is 5.26 Å². The molecular formula is C20H12F2N2. The summed E-state index contributed by atoms with van der Waals surface area (Å²) < 4.78 is 26.3. The maximum atomic E-state index is 13.2. The highest BCUT2D eigenvalue weighted by Gasteiger charge is 2.08. The van der Waals surface area contributed by atoms with E-state index in [1.807, 2.05) is 6.08 Å². The monoisotopic (exact) mass is 318 g/mol. The van der Waals surface area contributed by atoms with Gasteiger partial charge < -0.3 is 0 Å². The minimum absolute atomic E-state index is 0.316. The molecule has 0 radical (unpaired) electrons. The molecule has 116 valence electrons. The molecule has 0 fully saturated rings. The Labute approximate surface area is 138 Å². The van der Waals surface area contributed by atoms with Crippen LogP contribution in [0.3, 0.4) is 0 Å². The largest absolute Gasteiger partial charge is 0.263 e. The quantitative estimate of drug-likeness (QED) is 0.649. The molecule has 0 N–H and O–H groups in total. The summed E-state index contributed by atoms with van der Waals surface area (Å²) in [6, 6.07) is 15.9. The molecular weight excluding hydrogens is 306 g/mol. The Morgan fingerprint density at radius 2 is 1.50 bits per heavy atom. The van der Waals surface area contributed by atoms with E-state index >= 15 is 0 Å². The third kappa shape index (κ3) is 3.53. The van der Waals surface area contributed by atoms with E-state index in [1.165, 1.54) is 30.5 Å². The number of pyridine rings is 1. The molecule has 1 aromatic heterocycles. The Kier molecular flexibility index (Phi) is 4.44. The lowest BCUT2D eigenvalue weighted by atomic mass is 9.96. The summed E-state index contributed by atoms with van der Waals surface area (Å²) in [5, 5.41) is 9.07. The first kappa shape index (κ1) is 15.6. The second-order valence-corrected chi connectivity index (χ2v) is 5.19. The molecule has 0 amide bonds. The zero-order chi connectivity index (χ0) is 16.9.